The minimum Gasteiger partial charge on any atom is -0.316 e. The van der Waals surface area contributed by atoms with Crippen LogP contribution in [-0.4, -0.2) is 44.2 Å². The van der Waals surface area contributed by atoms with Crippen LogP contribution in [-0.2, 0) is 16.6 Å². The predicted octanol–water partition coefficient (Wildman–Crippen LogP) is 1.49. The Hall–Kier alpha value is -1.74. The molecule has 1 N–H and O–H groups in total. The zero-order valence-corrected chi connectivity index (χ0v) is 14.4. The summed E-state index contributed by atoms with van der Waals surface area (Å²) in [7, 11) is -3.59. The van der Waals surface area contributed by atoms with Gasteiger partial charge in [-0.25, -0.2) is 8.42 Å². The molecule has 1 aliphatic rings. The lowest BCUT2D eigenvalue weighted by Gasteiger charge is -2.24. The van der Waals surface area contributed by atoms with Crippen molar-refractivity contribution in [2.24, 2.45) is 5.92 Å². The highest BCUT2D eigenvalue weighted by molar-refractivity contribution is 7.89. The normalized spacial score (nSPS) is 19.7. The maximum Gasteiger partial charge on any atom is 0.247 e. The third-order valence-corrected chi connectivity index (χ3v) is 6.10. The van der Waals surface area contributed by atoms with Crippen molar-refractivity contribution < 1.29 is 8.42 Å². The van der Waals surface area contributed by atoms with E-state index in [1.165, 1.54) is 10.5 Å². The maximum absolute atomic E-state index is 13.0. The highest BCUT2D eigenvalue weighted by Gasteiger charge is 2.39. The number of nitrogens with one attached hydrogen (secondary N) is 1. The van der Waals surface area contributed by atoms with Crippen LogP contribution in [0.15, 0.2) is 17.4 Å². The molecule has 0 saturated carbocycles. The van der Waals surface area contributed by atoms with Gasteiger partial charge in [-0.3, -0.25) is 5.10 Å². The Morgan fingerprint density at radius 1 is 1.43 bits per heavy atom. The number of aryl methyl sites for hydroxylation is 1. The number of rotatable bonds is 5. The molecule has 1 atom stereocenters. The van der Waals surface area contributed by atoms with Crippen molar-refractivity contribution in [2.75, 3.05) is 6.54 Å². The fourth-order valence-electron chi connectivity index (χ4n) is 3.07. The summed E-state index contributed by atoms with van der Waals surface area (Å²) in [6.07, 6.45) is 4.63. The van der Waals surface area contributed by atoms with Crippen LogP contribution in [0.2, 0.25) is 0 Å². The van der Waals surface area contributed by atoms with Crippen LogP contribution in [0.25, 0.3) is 0 Å². The molecule has 3 heterocycles. The van der Waals surface area contributed by atoms with E-state index in [0.29, 0.717) is 18.2 Å². The summed E-state index contributed by atoms with van der Waals surface area (Å²) < 4.78 is 29.4. The molecule has 2 aromatic rings. The standard InChI is InChI=1S/C14H22N6O2S/c1-10(2)8-19-9-16-18-14(19)12-5-4-6-20(12)23(21,22)13-7-15-17-11(13)3/h7,9-10,12H,4-6,8H2,1-3H3,(H,15,17). The predicted molar refractivity (Wildman–Crippen MR) is 84.1 cm³/mol. The van der Waals surface area contributed by atoms with E-state index < -0.39 is 10.0 Å². The van der Waals surface area contributed by atoms with Gasteiger partial charge >= 0.3 is 0 Å². The van der Waals surface area contributed by atoms with Gasteiger partial charge in [-0.2, -0.15) is 9.40 Å². The minimum absolute atomic E-state index is 0.235. The Morgan fingerprint density at radius 3 is 2.87 bits per heavy atom. The summed E-state index contributed by atoms with van der Waals surface area (Å²) in [5.74, 6) is 1.16. The molecule has 0 radical (unpaired) electrons. The van der Waals surface area contributed by atoms with Gasteiger partial charge < -0.3 is 4.57 Å². The van der Waals surface area contributed by atoms with Crippen LogP contribution < -0.4 is 0 Å². The fourth-order valence-corrected chi connectivity index (χ4v) is 4.84. The number of sulfonamides is 1. The molecule has 8 nitrogen and oxygen atoms in total. The van der Waals surface area contributed by atoms with Crippen LogP contribution in [0.1, 0.15) is 44.2 Å². The lowest BCUT2D eigenvalue weighted by atomic mass is 10.2. The first-order valence-corrected chi connectivity index (χ1v) is 9.24. The largest absolute Gasteiger partial charge is 0.316 e. The lowest BCUT2D eigenvalue weighted by Crippen LogP contribution is -2.32. The third kappa shape index (κ3) is 2.90. The molecule has 0 amide bonds. The Balaban J connectivity index is 1.95. The molecule has 1 fully saturated rings. The average molecular weight is 338 g/mol. The van der Waals surface area contributed by atoms with Gasteiger partial charge in [0.05, 0.1) is 17.9 Å². The van der Waals surface area contributed by atoms with Gasteiger partial charge in [0.2, 0.25) is 10.0 Å². The second kappa shape index (κ2) is 6.04. The van der Waals surface area contributed by atoms with Gasteiger partial charge in [-0.1, -0.05) is 13.8 Å². The summed E-state index contributed by atoms with van der Waals surface area (Å²) in [4.78, 5) is 0.235. The zero-order valence-electron chi connectivity index (χ0n) is 13.6. The molecule has 1 unspecified atom stereocenters. The second-order valence-corrected chi connectivity index (χ2v) is 8.23. The second-order valence-electron chi connectivity index (χ2n) is 6.37. The minimum atomic E-state index is -3.59. The van der Waals surface area contributed by atoms with E-state index in [9.17, 15) is 8.42 Å². The third-order valence-electron chi connectivity index (χ3n) is 4.08. The Bertz CT molecular complexity index is 779. The molecule has 0 bridgehead atoms. The molecule has 2 aromatic heterocycles. The molecular formula is C14H22N6O2S. The van der Waals surface area contributed by atoms with E-state index in [-0.39, 0.29) is 10.9 Å². The zero-order chi connectivity index (χ0) is 16.6. The van der Waals surface area contributed by atoms with E-state index in [1.807, 2.05) is 4.57 Å². The van der Waals surface area contributed by atoms with E-state index in [2.05, 4.69) is 34.2 Å². The number of nitrogens with zero attached hydrogens (tertiary/aromatic N) is 5. The Labute approximate surface area is 136 Å². The van der Waals surface area contributed by atoms with Gasteiger partial charge in [0.25, 0.3) is 0 Å². The highest BCUT2D eigenvalue weighted by Crippen LogP contribution is 2.36. The van der Waals surface area contributed by atoms with Gasteiger partial charge in [0, 0.05) is 13.1 Å². The Kier molecular flexibility index (Phi) is 4.24. The summed E-state index contributed by atoms with van der Waals surface area (Å²) in [6, 6.07) is -0.268. The van der Waals surface area contributed by atoms with E-state index >= 15 is 0 Å². The maximum atomic E-state index is 13.0. The molecule has 3 rings (SSSR count). The van der Waals surface area contributed by atoms with E-state index in [4.69, 9.17) is 0 Å². The smallest absolute Gasteiger partial charge is 0.247 e. The van der Waals surface area contributed by atoms with Crippen molar-refractivity contribution in [1.82, 2.24) is 29.3 Å². The van der Waals surface area contributed by atoms with Crippen LogP contribution in [0.3, 0.4) is 0 Å². The molecule has 0 aliphatic carbocycles. The average Bonchev–Trinajstić information content (AvgIpc) is 3.16. The number of aromatic nitrogens is 5. The quantitative estimate of drug-likeness (QED) is 0.891. The molecule has 23 heavy (non-hydrogen) atoms. The van der Waals surface area contributed by atoms with Crippen molar-refractivity contribution in [2.45, 2.75) is 51.1 Å². The number of aromatic amines is 1. The highest BCUT2D eigenvalue weighted by atomic mass is 32.2. The molecular weight excluding hydrogens is 316 g/mol. The molecule has 0 spiro atoms. The molecule has 1 aliphatic heterocycles. The monoisotopic (exact) mass is 338 g/mol. The van der Waals surface area contributed by atoms with Crippen molar-refractivity contribution in [3.05, 3.63) is 24.0 Å². The molecule has 1 saturated heterocycles. The molecule has 0 aromatic carbocycles. The summed E-state index contributed by atoms with van der Waals surface area (Å²) in [5.41, 5.74) is 0.555. The first-order chi connectivity index (χ1) is 10.9. The van der Waals surface area contributed by atoms with Crippen LogP contribution in [0.4, 0.5) is 0 Å². The van der Waals surface area contributed by atoms with Crippen molar-refractivity contribution in [1.29, 1.82) is 0 Å². The Morgan fingerprint density at radius 2 is 2.22 bits per heavy atom. The van der Waals surface area contributed by atoms with Gasteiger partial charge in [0.1, 0.15) is 11.2 Å². The van der Waals surface area contributed by atoms with E-state index in [0.717, 1.165) is 25.2 Å². The number of hydrogen-bond donors (Lipinski definition) is 1. The first kappa shape index (κ1) is 16.1. The van der Waals surface area contributed by atoms with Crippen LogP contribution >= 0.6 is 0 Å². The molecule has 126 valence electrons. The van der Waals surface area contributed by atoms with Crippen LogP contribution in [0, 0.1) is 12.8 Å². The SMILES string of the molecule is Cc1[nH]ncc1S(=O)(=O)N1CCCC1c1nncn1CC(C)C. The summed E-state index contributed by atoms with van der Waals surface area (Å²) >= 11 is 0. The number of hydrogen-bond acceptors (Lipinski definition) is 5. The van der Waals surface area contributed by atoms with Crippen molar-refractivity contribution in [3.63, 3.8) is 0 Å². The van der Waals surface area contributed by atoms with Gasteiger partial charge in [-0.15, -0.1) is 10.2 Å². The lowest BCUT2D eigenvalue weighted by molar-refractivity contribution is 0.364. The fraction of sp³-hybridized carbons (Fsp3) is 0.643. The summed E-state index contributed by atoms with van der Waals surface area (Å²) in [6.45, 7) is 7.21. The van der Waals surface area contributed by atoms with Crippen LogP contribution in [0.5, 0.6) is 0 Å². The van der Waals surface area contributed by atoms with Crippen molar-refractivity contribution >= 4 is 10.0 Å². The first-order valence-electron chi connectivity index (χ1n) is 7.80. The number of H-pyrrole nitrogens is 1. The molecule has 9 heteroatoms. The van der Waals surface area contributed by atoms with Gasteiger partial charge in [0.15, 0.2) is 5.82 Å². The summed E-state index contributed by atoms with van der Waals surface area (Å²) in [5, 5.41) is 14.7. The van der Waals surface area contributed by atoms with Gasteiger partial charge in [-0.05, 0) is 25.7 Å². The van der Waals surface area contributed by atoms with Crippen molar-refractivity contribution in [3.8, 4) is 0 Å². The topological polar surface area (TPSA) is 96.8 Å². The van der Waals surface area contributed by atoms with E-state index in [1.54, 1.807) is 13.3 Å².